The second-order valence-corrected chi connectivity index (χ2v) is 11.7. The van der Waals surface area contributed by atoms with Crippen LogP contribution in [-0.2, 0) is 36.5 Å². The molecule has 0 saturated heterocycles. The first-order chi connectivity index (χ1) is 18.8. The van der Waals surface area contributed by atoms with Crippen LogP contribution in [0, 0.1) is 0 Å². The molecule has 2 nitrogen and oxygen atoms in total. The van der Waals surface area contributed by atoms with Crippen LogP contribution in [0.2, 0.25) is 0 Å². The molecule has 2 heteroatoms. The minimum absolute atomic E-state index is 0.0162. The van der Waals surface area contributed by atoms with Crippen molar-refractivity contribution in [3.05, 3.63) is 142 Å². The van der Waals surface area contributed by atoms with Crippen LogP contribution < -0.4 is 0 Å². The van der Waals surface area contributed by atoms with E-state index < -0.39 is 0 Å². The molecule has 0 bridgehead atoms. The Balaban J connectivity index is 1.15. The summed E-state index contributed by atoms with van der Waals surface area (Å²) in [5.74, 6) is 0. The summed E-state index contributed by atoms with van der Waals surface area (Å²) >= 11 is 0. The molecule has 0 radical (unpaired) electrons. The van der Waals surface area contributed by atoms with Crippen LogP contribution in [0.25, 0.3) is 22.3 Å². The average Bonchev–Trinajstić information content (AvgIpc) is 3.40. The van der Waals surface area contributed by atoms with Crippen molar-refractivity contribution in [3.63, 3.8) is 0 Å². The quantitative estimate of drug-likeness (QED) is 0.227. The molecule has 0 saturated carbocycles. The highest BCUT2D eigenvalue weighted by molar-refractivity contribution is 5.82. The molecular formula is C36H28N2. The maximum absolute atomic E-state index is 5.42. The Morgan fingerprint density at radius 1 is 0.395 bits per heavy atom. The highest BCUT2D eigenvalue weighted by atomic mass is 14.9. The minimum atomic E-state index is 0.0162. The number of aromatic nitrogens is 2. The van der Waals surface area contributed by atoms with E-state index in [9.17, 15) is 0 Å². The van der Waals surface area contributed by atoms with E-state index in [1.165, 1.54) is 67.3 Å². The van der Waals surface area contributed by atoms with Crippen molar-refractivity contribution in [1.82, 2.24) is 9.97 Å². The molecule has 38 heavy (non-hydrogen) atoms. The summed E-state index contributed by atoms with van der Waals surface area (Å²) in [4.78, 5) is 10.8. The largest absolute Gasteiger partial charge is 0.254 e. The molecular weight excluding hydrogens is 460 g/mol. The van der Waals surface area contributed by atoms with Gasteiger partial charge in [0.15, 0.2) is 0 Å². The summed E-state index contributed by atoms with van der Waals surface area (Å²) in [6.45, 7) is 0. The predicted molar refractivity (Wildman–Crippen MR) is 151 cm³/mol. The topological polar surface area (TPSA) is 25.8 Å². The third kappa shape index (κ3) is 2.53. The number of benzene rings is 4. The maximum atomic E-state index is 5.42. The van der Waals surface area contributed by atoms with E-state index in [4.69, 9.17) is 9.97 Å². The van der Waals surface area contributed by atoms with Crippen molar-refractivity contribution < 1.29 is 0 Å². The molecule has 5 aromatic rings. The molecule has 0 amide bonds. The Hall–Kier alpha value is -4.04. The summed E-state index contributed by atoms with van der Waals surface area (Å²) in [7, 11) is 0. The van der Waals surface area contributed by atoms with Gasteiger partial charge in [-0.3, -0.25) is 9.97 Å². The highest BCUT2D eigenvalue weighted by Gasteiger charge is 2.48. The molecule has 1 heterocycles. The zero-order valence-corrected chi connectivity index (χ0v) is 21.4. The van der Waals surface area contributed by atoms with Crippen molar-refractivity contribution in [1.29, 1.82) is 0 Å². The first kappa shape index (κ1) is 21.0. The van der Waals surface area contributed by atoms with Gasteiger partial charge in [0.2, 0.25) is 0 Å². The molecule has 0 fully saturated rings. The number of hydrogen-bond donors (Lipinski definition) is 0. The monoisotopic (exact) mass is 488 g/mol. The average molecular weight is 489 g/mol. The van der Waals surface area contributed by atoms with Gasteiger partial charge in [-0.25, -0.2) is 0 Å². The van der Waals surface area contributed by atoms with Gasteiger partial charge in [-0.2, -0.15) is 0 Å². The molecule has 9 rings (SSSR count). The Labute approximate surface area is 223 Å². The van der Waals surface area contributed by atoms with Crippen LogP contribution >= 0.6 is 0 Å². The van der Waals surface area contributed by atoms with E-state index in [-0.39, 0.29) is 10.8 Å². The molecule has 4 aromatic carbocycles. The van der Waals surface area contributed by atoms with E-state index in [2.05, 4.69) is 97.1 Å². The van der Waals surface area contributed by atoms with E-state index in [1.807, 2.05) is 0 Å². The fourth-order valence-corrected chi connectivity index (χ4v) is 8.43. The Morgan fingerprint density at radius 2 is 0.711 bits per heavy atom. The van der Waals surface area contributed by atoms with Gasteiger partial charge in [-0.1, -0.05) is 97.1 Å². The lowest BCUT2D eigenvalue weighted by molar-refractivity contribution is 0.415. The number of nitrogens with zero attached hydrogens (tertiary/aromatic N) is 2. The third-order valence-corrected chi connectivity index (χ3v) is 10.1. The van der Waals surface area contributed by atoms with E-state index >= 15 is 0 Å². The van der Waals surface area contributed by atoms with Gasteiger partial charge < -0.3 is 0 Å². The van der Waals surface area contributed by atoms with Crippen molar-refractivity contribution in [3.8, 4) is 22.3 Å². The number of fused-ring (bicyclic) bond motifs is 12. The zero-order valence-electron chi connectivity index (χ0n) is 21.4. The summed E-state index contributed by atoms with van der Waals surface area (Å²) in [6, 6.07) is 36.1. The molecule has 1 aromatic heterocycles. The molecule has 0 N–H and O–H groups in total. The molecule has 2 spiro atoms. The fraction of sp³-hybridized carbons (Fsp3) is 0.222. The van der Waals surface area contributed by atoms with Crippen LogP contribution in [0.1, 0.15) is 57.9 Å². The molecule has 4 aliphatic carbocycles. The standard InChI is InChI=1S/C36H28N2/c1-5-13-27-23(9-1)24-10-2-6-14-28(24)35(27)19-17-31-33(21-35)37-32-18-20-36(22-34(32)38-31)29-15-7-3-11-25(29)26-12-4-8-16-30(26)36/h1-16H,17-22H2. The summed E-state index contributed by atoms with van der Waals surface area (Å²) in [5.41, 5.74) is 16.5. The van der Waals surface area contributed by atoms with Crippen LogP contribution in [0.5, 0.6) is 0 Å². The molecule has 0 aliphatic heterocycles. The van der Waals surface area contributed by atoms with Gasteiger partial charge in [0.1, 0.15) is 0 Å². The summed E-state index contributed by atoms with van der Waals surface area (Å²) in [6.07, 6.45) is 6.06. The lowest BCUT2D eigenvalue weighted by Crippen LogP contribution is -2.37. The Morgan fingerprint density at radius 3 is 1.05 bits per heavy atom. The summed E-state index contributed by atoms with van der Waals surface area (Å²) in [5, 5.41) is 0. The second kappa shape index (κ2) is 7.29. The van der Waals surface area contributed by atoms with Gasteiger partial charge in [0.25, 0.3) is 0 Å². The van der Waals surface area contributed by atoms with Gasteiger partial charge in [0, 0.05) is 23.7 Å². The minimum Gasteiger partial charge on any atom is -0.254 e. The molecule has 182 valence electrons. The zero-order chi connectivity index (χ0) is 24.9. The van der Waals surface area contributed by atoms with E-state index in [0.29, 0.717) is 0 Å². The maximum Gasteiger partial charge on any atom is 0.0634 e. The Kier molecular flexibility index (Phi) is 4.02. The second-order valence-electron chi connectivity index (χ2n) is 11.7. The lowest BCUT2D eigenvalue weighted by Gasteiger charge is -2.39. The smallest absolute Gasteiger partial charge is 0.0634 e. The van der Waals surface area contributed by atoms with Gasteiger partial charge in [-0.05, 0) is 70.2 Å². The first-order valence-corrected chi connectivity index (χ1v) is 14.0. The first-order valence-electron chi connectivity index (χ1n) is 14.0. The van der Waals surface area contributed by atoms with Crippen LogP contribution in [0.15, 0.2) is 97.1 Å². The summed E-state index contributed by atoms with van der Waals surface area (Å²) < 4.78 is 0. The van der Waals surface area contributed by atoms with Gasteiger partial charge in [-0.15, -0.1) is 0 Å². The SMILES string of the molecule is c1ccc2c(c1)-c1ccccc1C21CCc2nc3c(nc2C1)CCC1(C3)c2ccccc2-c2ccccc21. The van der Waals surface area contributed by atoms with E-state index in [1.54, 1.807) is 0 Å². The predicted octanol–water partition coefficient (Wildman–Crippen LogP) is 7.39. The van der Waals surface area contributed by atoms with Crippen molar-refractivity contribution in [2.24, 2.45) is 0 Å². The van der Waals surface area contributed by atoms with Crippen LogP contribution in [0.4, 0.5) is 0 Å². The van der Waals surface area contributed by atoms with Crippen LogP contribution in [-0.4, -0.2) is 9.97 Å². The molecule has 0 unspecified atom stereocenters. The Bertz CT molecular complexity index is 1570. The normalized spacial score (nSPS) is 18.3. The lowest BCUT2D eigenvalue weighted by atomic mass is 9.66. The number of aryl methyl sites for hydroxylation is 2. The van der Waals surface area contributed by atoms with E-state index in [0.717, 1.165) is 38.5 Å². The number of rotatable bonds is 0. The van der Waals surface area contributed by atoms with Gasteiger partial charge in [0.05, 0.1) is 22.8 Å². The number of hydrogen-bond acceptors (Lipinski definition) is 2. The van der Waals surface area contributed by atoms with Crippen molar-refractivity contribution >= 4 is 0 Å². The molecule has 4 aliphatic rings. The molecule has 0 atom stereocenters. The third-order valence-electron chi connectivity index (χ3n) is 10.1. The van der Waals surface area contributed by atoms with Crippen LogP contribution in [0.3, 0.4) is 0 Å². The van der Waals surface area contributed by atoms with Gasteiger partial charge >= 0.3 is 0 Å². The highest BCUT2D eigenvalue weighted by Crippen LogP contribution is 2.56. The van der Waals surface area contributed by atoms with Crippen molar-refractivity contribution in [2.45, 2.75) is 49.4 Å². The van der Waals surface area contributed by atoms with Crippen molar-refractivity contribution in [2.75, 3.05) is 0 Å². The fourth-order valence-electron chi connectivity index (χ4n) is 8.43.